The first-order valence-electron chi connectivity index (χ1n) is 12.3. The Morgan fingerprint density at radius 3 is 2.51 bits per heavy atom. The first-order valence-corrected chi connectivity index (χ1v) is 13.2. The summed E-state index contributed by atoms with van der Waals surface area (Å²) in [5.41, 5.74) is 4.06. The van der Waals surface area contributed by atoms with Crippen LogP contribution >= 0.6 is 11.3 Å². The number of aromatic nitrogens is 3. The molecular weight excluding hydrogens is 520 g/mol. The zero-order valence-electron chi connectivity index (χ0n) is 22.0. The predicted molar refractivity (Wildman–Crippen MR) is 150 cm³/mol. The molecule has 1 amide bonds. The molecule has 5 rings (SSSR count). The summed E-state index contributed by atoms with van der Waals surface area (Å²) in [6, 6.07) is 11.9. The summed E-state index contributed by atoms with van der Waals surface area (Å²) in [4.78, 5) is 41.6. The number of methoxy groups -OCH3 is 2. The zero-order valence-corrected chi connectivity index (χ0v) is 22.9. The predicted octanol–water partition coefficient (Wildman–Crippen LogP) is 4.17. The van der Waals surface area contributed by atoms with Gasteiger partial charge in [0.15, 0.2) is 22.1 Å². The molecule has 11 nitrogen and oxygen atoms in total. The summed E-state index contributed by atoms with van der Waals surface area (Å²) in [6.07, 6.45) is 0.663. The molecule has 39 heavy (non-hydrogen) atoms. The van der Waals surface area contributed by atoms with Crippen molar-refractivity contribution in [3.63, 3.8) is 0 Å². The average Bonchev–Trinajstić information content (AvgIpc) is 3.63. The number of amides is 1. The Balaban J connectivity index is 1.37. The molecule has 2 aromatic heterocycles. The maximum atomic E-state index is 13.6. The fraction of sp³-hybridized carbons (Fsp3) is 0.296. The number of hydrogen-bond acceptors (Lipinski definition) is 10. The largest absolute Gasteiger partial charge is 0.493 e. The van der Waals surface area contributed by atoms with Gasteiger partial charge in [-0.05, 0) is 30.7 Å². The molecule has 3 heterocycles. The third-order valence-electron chi connectivity index (χ3n) is 6.96. The van der Waals surface area contributed by atoms with Gasteiger partial charge in [0, 0.05) is 37.0 Å². The number of hydrogen-bond donors (Lipinski definition) is 2. The third-order valence-corrected chi connectivity index (χ3v) is 7.68. The Morgan fingerprint density at radius 2 is 1.82 bits per heavy atom. The average molecular weight is 550 g/mol. The number of nitrogens with one attached hydrogen (secondary N) is 1. The van der Waals surface area contributed by atoms with Gasteiger partial charge < -0.3 is 24.8 Å². The van der Waals surface area contributed by atoms with E-state index in [0.717, 1.165) is 16.2 Å². The number of thiazole rings is 1. The van der Waals surface area contributed by atoms with Crippen LogP contribution in [-0.2, 0) is 4.79 Å². The van der Waals surface area contributed by atoms with Crippen LogP contribution in [0.5, 0.6) is 11.5 Å². The molecule has 1 aliphatic heterocycles. The van der Waals surface area contributed by atoms with Gasteiger partial charge in [0.25, 0.3) is 0 Å². The number of rotatable bonds is 8. The van der Waals surface area contributed by atoms with Crippen molar-refractivity contribution in [1.29, 1.82) is 0 Å². The molecule has 1 unspecified atom stereocenters. The molecule has 1 saturated heterocycles. The summed E-state index contributed by atoms with van der Waals surface area (Å²) >= 11 is 1.43. The molecule has 0 radical (unpaired) electrons. The lowest BCUT2D eigenvalue weighted by atomic mass is 10.1. The number of ether oxygens (including phenoxy) is 2. The minimum atomic E-state index is -0.998. The Kier molecular flexibility index (Phi) is 7.06. The maximum absolute atomic E-state index is 13.6. The monoisotopic (exact) mass is 549 g/mol. The number of anilines is 3. The molecule has 0 spiro atoms. The molecule has 12 heteroatoms. The lowest BCUT2D eigenvalue weighted by Crippen LogP contribution is -2.50. The van der Waals surface area contributed by atoms with Gasteiger partial charge in [-0.25, -0.2) is 19.1 Å². The van der Waals surface area contributed by atoms with Crippen molar-refractivity contribution in [2.75, 3.05) is 51.6 Å². The van der Waals surface area contributed by atoms with Crippen molar-refractivity contribution in [2.45, 2.75) is 6.42 Å². The van der Waals surface area contributed by atoms with Crippen molar-refractivity contribution < 1.29 is 24.2 Å². The van der Waals surface area contributed by atoms with Crippen LogP contribution in [-0.4, -0.2) is 73.3 Å². The van der Waals surface area contributed by atoms with Crippen molar-refractivity contribution in [1.82, 2.24) is 19.4 Å². The van der Waals surface area contributed by atoms with Gasteiger partial charge >= 0.3 is 11.9 Å². The van der Waals surface area contributed by atoms with Crippen molar-refractivity contribution in [3.05, 3.63) is 53.5 Å². The minimum absolute atomic E-state index is 0.0131. The summed E-state index contributed by atoms with van der Waals surface area (Å²) in [5, 5.41) is 12.5. The van der Waals surface area contributed by atoms with E-state index in [1.54, 1.807) is 31.9 Å². The van der Waals surface area contributed by atoms with E-state index in [0.29, 0.717) is 48.3 Å². The van der Waals surface area contributed by atoms with Gasteiger partial charge in [-0.2, -0.15) is 9.97 Å². The molecule has 1 atom stereocenters. The Hall–Kier alpha value is -4.29. The number of carboxylic acids is 1. The van der Waals surface area contributed by atoms with E-state index in [1.165, 1.54) is 23.5 Å². The number of carbonyl (C=O) groups excluding carboxylic acids is 1. The van der Waals surface area contributed by atoms with Gasteiger partial charge in [0.2, 0.25) is 5.95 Å². The quantitative estimate of drug-likeness (QED) is 0.309. The molecule has 202 valence electrons. The van der Waals surface area contributed by atoms with Crippen molar-refractivity contribution in [2.24, 2.45) is 5.92 Å². The van der Waals surface area contributed by atoms with Gasteiger partial charge in [0.05, 0.1) is 45.3 Å². The van der Waals surface area contributed by atoms with E-state index in [1.807, 2.05) is 37.2 Å². The number of nitrogens with zero attached hydrogens (tertiary/aromatic N) is 5. The number of carboxylic acid groups (broad SMARTS) is 1. The maximum Gasteiger partial charge on any atom is 0.335 e. The van der Waals surface area contributed by atoms with Crippen LogP contribution in [0.3, 0.4) is 0 Å². The van der Waals surface area contributed by atoms with E-state index in [9.17, 15) is 14.7 Å². The van der Waals surface area contributed by atoms with E-state index < -0.39 is 5.97 Å². The Labute approximate surface area is 229 Å². The summed E-state index contributed by atoms with van der Waals surface area (Å²) in [5.74, 6) is 1.12. The zero-order chi connectivity index (χ0) is 27.7. The normalized spacial score (nSPS) is 15.4. The summed E-state index contributed by atoms with van der Waals surface area (Å²) in [6.45, 7) is 1.11. The van der Waals surface area contributed by atoms with E-state index in [-0.39, 0.29) is 21.9 Å². The molecule has 0 saturated carbocycles. The van der Waals surface area contributed by atoms with E-state index in [4.69, 9.17) is 19.4 Å². The molecule has 0 aliphatic carbocycles. The first-order chi connectivity index (χ1) is 18.7. The number of fused-ring (bicyclic) bond motifs is 1. The highest BCUT2D eigenvalue weighted by molar-refractivity contribution is 7.16. The van der Waals surface area contributed by atoms with Crippen molar-refractivity contribution in [3.8, 4) is 11.5 Å². The standard InChI is InChI=1S/C27H28N6O5S/c1-33(2,19-8-5-16(6-9-19)26(35)36)25(34)17-11-12-32(14-17)27-30-23(22-24(31-27)39-15-28-22)29-18-7-10-20(37-3)21(13-18)38-4/h5-10,13,15,17H,11-12,14H2,1-4H3,(H-,29,30,31,35,36)/p+1. The smallest absolute Gasteiger partial charge is 0.335 e. The Bertz CT molecular complexity index is 1540. The highest BCUT2D eigenvalue weighted by atomic mass is 32.1. The van der Waals surface area contributed by atoms with Crippen LogP contribution in [0.2, 0.25) is 0 Å². The fourth-order valence-corrected chi connectivity index (χ4v) is 5.39. The summed E-state index contributed by atoms with van der Waals surface area (Å²) < 4.78 is 10.8. The van der Waals surface area contributed by atoms with Gasteiger partial charge in [0.1, 0.15) is 11.2 Å². The second kappa shape index (κ2) is 10.5. The second-order valence-electron chi connectivity index (χ2n) is 9.65. The fourth-order valence-electron chi connectivity index (χ4n) is 4.73. The number of aromatic carboxylic acids is 1. The van der Waals surface area contributed by atoms with Gasteiger partial charge in [-0.1, -0.05) is 0 Å². The highest BCUT2D eigenvalue weighted by Crippen LogP contribution is 2.34. The molecule has 4 aromatic rings. The van der Waals surface area contributed by atoms with Crippen LogP contribution in [0.4, 0.5) is 23.1 Å². The minimum Gasteiger partial charge on any atom is -0.493 e. The molecule has 1 aliphatic rings. The molecule has 2 aromatic carbocycles. The van der Waals surface area contributed by atoms with Crippen LogP contribution in [0.25, 0.3) is 10.3 Å². The van der Waals surface area contributed by atoms with Crippen LogP contribution < -0.4 is 24.2 Å². The molecule has 0 bridgehead atoms. The third kappa shape index (κ3) is 5.08. The molecular formula is C27H29N6O5S+. The second-order valence-corrected chi connectivity index (χ2v) is 10.5. The number of carbonyl (C=O) groups is 2. The van der Waals surface area contributed by atoms with E-state index >= 15 is 0 Å². The van der Waals surface area contributed by atoms with Crippen LogP contribution in [0, 0.1) is 5.92 Å². The summed E-state index contributed by atoms with van der Waals surface area (Å²) in [7, 11) is 6.82. The Morgan fingerprint density at radius 1 is 1.08 bits per heavy atom. The lowest BCUT2D eigenvalue weighted by molar-refractivity contribution is -0.131. The van der Waals surface area contributed by atoms with Gasteiger partial charge in [-0.3, -0.25) is 0 Å². The van der Waals surface area contributed by atoms with Crippen molar-refractivity contribution >= 4 is 56.7 Å². The van der Waals surface area contributed by atoms with Gasteiger partial charge in [-0.15, -0.1) is 11.3 Å². The number of benzene rings is 2. The first kappa shape index (κ1) is 26.3. The van der Waals surface area contributed by atoms with Crippen LogP contribution in [0.1, 0.15) is 16.8 Å². The molecule has 2 N–H and O–H groups in total. The topological polar surface area (TPSA) is 127 Å². The van der Waals surface area contributed by atoms with Crippen LogP contribution in [0.15, 0.2) is 48.0 Å². The molecule has 1 fully saturated rings. The number of quaternary nitrogens is 1. The van der Waals surface area contributed by atoms with E-state index in [2.05, 4.69) is 10.3 Å². The lowest BCUT2D eigenvalue weighted by Gasteiger charge is -2.29. The highest BCUT2D eigenvalue weighted by Gasteiger charge is 2.40. The SMILES string of the molecule is COc1ccc(Nc2nc(N3CCC(C(=O)[N+](C)(C)c4ccc(C(=O)O)cc4)C3)nc3scnc23)cc1OC.